The van der Waals surface area contributed by atoms with Crippen molar-refractivity contribution >= 4 is 17.2 Å². The monoisotopic (exact) mass is 295 g/mol. The number of aliphatic hydroxyl groups is 1. The van der Waals surface area contributed by atoms with Gasteiger partial charge in [0, 0.05) is 11.4 Å². The summed E-state index contributed by atoms with van der Waals surface area (Å²) in [6.07, 6.45) is 4.93. The first-order valence-corrected chi connectivity index (χ1v) is 8.33. The van der Waals surface area contributed by atoms with Crippen LogP contribution in [0.2, 0.25) is 0 Å². The van der Waals surface area contributed by atoms with E-state index in [0.29, 0.717) is 6.54 Å². The van der Waals surface area contributed by atoms with Crippen molar-refractivity contribution in [3.05, 3.63) is 21.4 Å². The van der Waals surface area contributed by atoms with Crippen molar-refractivity contribution in [3.63, 3.8) is 0 Å². The third-order valence-corrected chi connectivity index (χ3v) is 5.73. The molecule has 0 spiro atoms. The molecule has 20 heavy (non-hydrogen) atoms. The van der Waals surface area contributed by atoms with Gasteiger partial charge in [0.05, 0.1) is 10.5 Å². The third kappa shape index (κ3) is 3.61. The fourth-order valence-electron chi connectivity index (χ4n) is 2.82. The van der Waals surface area contributed by atoms with Gasteiger partial charge in [-0.25, -0.2) is 0 Å². The average molecular weight is 295 g/mol. The number of carbonyl (C=O) groups is 1. The minimum absolute atomic E-state index is 0.0581. The highest BCUT2D eigenvalue weighted by atomic mass is 32.1. The Morgan fingerprint density at radius 3 is 2.60 bits per heavy atom. The number of amides is 1. The zero-order chi connectivity index (χ0) is 14.8. The molecule has 0 radical (unpaired) electrons. The third-order valence-electron chi connectivity index (χ3n) is 4.58. The molecule has 2 rings (SSSR count). The van der Waals surface area contributed by atoms with E-state index in [1.54, 1.807) is 0 Å². The SMILES string of the molecule is CCC1CCC(O)(CNC(=O)c2cc(C)c(C)s2)CC1. The molecule has 3 nitrogen and oxygen atoms in total. The van der Waals surface area contributed by atoms with Crippen molar-refractivity contribution in [2.24, 2.45) is 5.92 Å². The number of carbonyl (C=O) groups excluding carboxylic acids is 1. The highest BCUT2D eigenvalue weighted by molar-refractivity contribution is 7.14. The summed E-state index contributed by atoms with van der Waals surface area (Å²) in [5.74, 6) is 0.686. The Morgan fingerprint density at radius 1 is 1.45 bits per heavy atom. The lowest BCUT2D eigenvalue weighted by Gasteiger charge is -2.35. The largest absolute Gasteiger partial charge is 0.388 e. The number of nitrogens with one attached hydrogen (secondary N) is 1. The normalized spacial score (nSPS) is 26.5. The van der Waals surface area contributed by atoms with Crippen molar-refractivity contribution in [3.8, 4) is 0 Å². The van der Waals surface area contributed by atoms with Crippen LogP contribution < -0.4 is 5.32 Å². The molecule has 0 atom stereocenters. The minimum atomic E-state index is -0.706. The average Bonchev–Trinajstić information content (AvgIpc) is 2.77. The molecule has 112 valence electrons. The Kier molecular flexibility index (Phi) is 4.86. The van der Waals surface area contributed by atoms with Crippen LogP contribution in [0.25, 0.3) is 0 Å². The van der Waals surface area contributed by atoms with Gasteiger partial charge >= 0.3 is 0 Å². The van der Waals surface area contributed by atoms with Crippen LogP contribution in [0, 0.1) is 19.8 Å². The van der Waals surface area contributed by atoms with Crippen LogP contribution in [0.1, 0.15) is 59.1 Å². The van der Waals surface area contributed by atoms with Gasteiger partial charge in [-0.05, 0) is 57.1 Å². The summed E-state index contributed by atoms with van der Waals surface area (Å²) in [5.41, 5.74) is 0.449. The van der Waals surface area contributed by atoms with Crippen LogP contribution in [-0.4, -0.2) is 23.2 Å². The van der Waals surface area contributed by atoms with Crippen LogP contribution in [0.4, 0.5) is 0 Å². The van der Waals surface area contributed by atoms with Gasteiger partial charge in [0.25, 0.3) is 5.91 Å². The van der Waals surface area contributed by atoms with Gasteiger partial charge in [-0.1, -0.05) is 13.3 Å². The smallest absolute Gasteiger partial charge is 0.261 e. The van der Waals surface area contributed by atoms with Gasteiger partial charge in [-0.15, -0.1) is 11.3 Å². The lowest BCUT2D eigenvalue weighted by Crippen LogP contribution is -2.45. The van der Waals surface area contributed by atoms with E-state index < -0.39 is 5.60 Å². The first kappa shape index (κ1) is 15.5. The standard InChI is InChI=1S/C16H25NO2S/c1-4-13-5-7-16(19,8-6-13)10-17-15(18)14-9-11(2)12(3)20-14/h9,13,19H,4-8,10H2,1-3H3,(H,17,18). The Morgan fingerprint density at radius 2 is 2.10 bits per heavy atom. The van der Waals surface area contributed by atoms with Gasteiger partial charge in [0.15, 0.2) is 0 Å². The zero-order valence-corrected chi connectivity index (χ0v) is 13.5. The summed E-state index contributed by atoms with van der Waals surface area (Å²) < 4.78 is 0. The molecule has 1 heterocycles. The van der Waals surface area contributed by atoms with E-state index in [0.717, 1.165) is 42.0 Å². The molecule has 1 saturated carbocycles. The maximum atomic E-state index is 12.1. The van der Waals surface area contributed by atoms with Gasteiger partial charge in [0.2, 0.25) is 0 Å². The van der Waals surface area contributed by atoms with Crippen LogP contribution in [-0.2, 0) is 0 Å². The van der Waals surface area contributed by atoms with Crippen LogP contribution in [0.3, 0.4) is 0 Å². The molecule has 0 aliphatic heterocycles. The van der Waals surface area contributed by atoms with E-state index in [1.165, 1.54) is 22.6 Å². The summed E-state index contributed by atoms with van der Waals surface area (Å²) in [5, 5.41) is 13.4. The molecule has 0 bridgehead atoms. The van der Waals surface area contributed by atoms with Gasteiger partial charge < -0.3 is 10.4 Å². The highest BCUT2D eigenvalue weighted by Crippen LogP contribution is 2.33. The molecule has 1 aromatic heterocycles. The van der Waals surface area contributed by atoms with Gasteiger partial charge in [-0.3, -0.25) is 4.79 Å². The molecule has 2 N–H and O–H groups in total. The van der Waals surface area contributed by atoms with Crippen molar-refractivity contribution in [2.75, 3.05) is 6.54 Å². The molecular formula is C16H25NO2S. The van der Waals surface area contributed by atoms with E-state index in [2.05, 4.69) is 12.2 Å². The van der Waals surface area contributed by atoms with Crippen molar-refractivity contribution < 1.29 is 9.90 Å². The van der Waals surface area contributed by atoms with Gasteiger partial charge in [-0.2, -0.15) is 0 Å². The second-order valence-corrected chi connectivity index (χ2v) is 7.36. The first-order valence-electron chi connectivity index (χ1n) is 7.51. The van der Waals surface area contributed by atoms with Crippen molar-refractivity contribution in [1.82, 2.24) is 5.32 Å². The van der Waals surface area contributed by atoms with Crippen LogP contribution >= 0.6 is 11.3 Å². The molecule has 0 unspecified atom stereocenters. The Hall–Kier alpha value is -0.870. The number of aryl methyl sites for hydroxylation is 2. The Labute approximate surface area is 125 Å². The van der Waals surface area contributed by atoms with Crippen LogP contribution in [0.5, 0.6) is 0 Å². The van der Waals surface area contributed by atoms with E-state index in [9.17, 15) is 9.90 Å². The van der Waals surface area contributed by atoms with Crippen LogP contribution in [0.15, 0.2) is 6.07 Å². The van der Waals surface area contributed by atoms with E-state index >= 15 is 0 Å². The number of thiophene rings is 1. The fourth-order valence-corrected chi connectivity index (χ4v) is 3.77. The molecule has 0 saturated heterocycles. The predicted octanol–water partition coefficient (Wildman–Crippen LogP) is 3.43. The maximum absolute atomic E-state index is 12.1. The molecule has 1 aliphatic carbocycles. The Bertz CT molecular complexity index is 453. The predicted molar refractivity (Wildman–Crippen MR) is 83.3 cm³/mol. The molecule has 1 aromatic rings. The summed E-state index contributed by atoms with van der Waals surface area (Å²) >= 11 is 1.52. The quantitative estimate of drug-likeness (QED) is 0.894. The van der Waals surface area contributed by atoms with Crippen molar-refractivity contribution in [2.45, 2.75) is 58.5 Å². The second-order valence-electron chi connectivity index (χ2n) is 6.11. The summed E-state index contributed by atoms with van der Waals surface area (Å²) in [4.78, 5) is 14.0. The lowest BCUT2D eigenvalue weighted by molar-refractivity contribution is -0.00783. The number of rotatable bonds is 4. The lowest BCUT2D eigenvalue weighted by atomic mass is 9.78. The first-order chi connectivity index (χ1) is 9.43. The zero-order valence-electron chi connectivity index (χ0n) is 12.7. The number of hydrogen-bond donors (Lipinski definition) is 2. The van der Waals surface area contributed by atoms with Gasteiger partial charge in [0.1, 0.15) is 0 Å². The highest BCUT2D eigenvalue weighted by Gasteiger charge is 2.33. The Balaban J connectivity index is 1.87. The minimum Gasteiger partial charge on any atom is -0.388 e. The second kappa shape index (κ2) is 6.27. The van der Waals surface area contributed by atoms with E-state index in [-0.39, 0.29) is 5.91 Å². The molecule has 1 fully saturated rings. The summed E-state index contributed by atoms with van der Waals surface area (Å²) in [6.45, 7) is 6.62. The summed E-state index contributed by atoms with van der Waals surface area (Å²) in [6, 6.07) is 1.92. The molecule has 0 aromatic carbocycles. The molecule has 1 amide bonds. The van der Waals surface area contributed by atoms with E-state index in [1.807, 2.05) is 19.9 Å². The molecule has 1 aliphatic rings. The van der Waals surface area contributed by atoms with Crippen molar-refractivity contribution in [1.29, 1.82) is 0 Å². The maximum Gasteiger partial charge on any atom is 0.261 e. The molecule has 4 heteroatoms. The topological polar surface area (TPSA) is 49.3 Å². The molecular weight excluding hydrogens is 270 g/mol. The summed E-state index contributed by atoms with van der Waals surface area (Å²) in [7, 11) is 0. The van der Waals surface area contributed by atoms with E-state index in [4.69, 9.17) is 0 Å². The fraction of sp³-hybridized carbons (Fsp3) is 0.688. The number of hydrogen-bond acceptors (Lipinski definition) is 3.